The zero-order chi connectivity index (χ0) is 24.6. The Labute approximate surface area is 214 Å². The van der Waals surface area contributed by atoms with Gasteiger partial charge in [-0.05, 0) is 47.7 Å². The minimum absolute atomic E-state index is 0.108. The van der Waals surface area contributed by atoms with Crippen LogP contribution in [0.2, 0.25) is 0 Å². The van der Waals surface area contributed by atoms with Crippen LogP contribution in [0.5, 0.6) is 0 Å². The molecule has 3 aromatic carbocycles. The van der Waals surface area contributed by atoms with Crippen LogP contribution in [0.3, 0.4) is 0 Å². The summed E-state index contributed by atoms with van der Waals surface area (Å²) in [4.78, 5) is 28.9. The summed E-state index contributed by atoms with van der Waals surface area (Å²) >= 11 is 3.50. The summed E-state index contributed by atoms with van der Waals surface area (Å²) in [6, 6.07) is 23.2. The Hall–Kier alpha value is -2.99. The highest BCUT2D eigenvalue weighted by atomic mass is 79.9. The second kappa shape index (κ2) is 12.1. The largest absolute Gasteiger partial charge is 0.352 e. The number of nitrogens with one attached hydrogen (secondary N) is 1. The van der Waals surface area contributed by atoms with E-state index in [-0.39, 0.29) is 30.8 Å². The molecule has 0 spiro atoms. The van der Waals surface area contributed by atoms with Crippen molar-refractivity contribution in [3.8, 4) is 0 Å². The molecule has 6 heteroatoms. The Morgan fingerprint density at radius 1 is 0.943 bits per heavy atom. The fraction of sp³-hybridized carbons (Fsp3) is 0.310. The SMILES string of the molecule is O=C(NC1CCCC1)[C@@H](Cc1ccccc1)N(Cc1cccc(Br)c1)C(=O)Cc1ccccc1F. The predicted octanol–water partition coefficient (Wildman–Crippen LogP) is 5.83. The lowest BCUT2D eigenvalue weighted by Crippen LogP contribution is -2.52. The minimum Gasteiger partial charge on any atom is -0.352 e. The van der Waals surface area contributed by atoms with Crippen LogP contribution in [-0.4, -0.2) is 28.8 Å². The van der Waals surface area contributed by atoms with E-state index < -0.39 is 11.9 Å². The molecule has 0 aliphatic heterocycles. The van der Waals surface area contributed by atoms with Crippen LogP contribution in [0.1, 0.15) is 42.4 Å². The van der Waals surface area contributed by atoms with E-state index in [1.165, 1.54) is 6.07 Å². The Balaban J connectivity index is 1.67. The summed E-state index contributed by atoms with van der Waals surface area (Å²) in [6.45, 7) is 0.252. The molecule has 0 radical (unpaired) electrons. The van der Waals surface area contributed by atoms with Crippen molar-refractivity contribution in [2.75, 3.05) is 0 Å². The number of benzene rings is 3. The molecule has 1 atom stereocenters. The summed E-state index contributed by atoms with van der Waals surface area (Å²) in [5.41, 5.74) is 2.19. The first-order chi connectivity index (χ1) is 17.0. The van der Waals surface area contributed by atoms with Crippen LogP contribution < -0.4 is 5.32 Å². The van der Waals surface area contributed by atoms with E-state index in [2.05, 4.69) is 21.2 Å². The number of rotatable bonds is 9. The van der Waals surface area contributed by atoms with Crippen LogP contribution in [0.15, 0.2) is 83.3 Å². The molecule has 35 heavy (non-hydrogen) atoms. The molecule has 0 bridgehead atoms. The maximum absolute atomic E-state index is 14.4. The van der Waals surface area contributed by atoms with Crippen LogP contribution in [0.25, 0.3) is 0 Å². The van der Waals surface area contributed by atoms with Crippen molar-refractivity contribution >= 4 is 27.7 Å². The van der Waals surface area contributed by atoms with Crippen molar-refractivity contribution in [2.45, 2.75) is 57.2 Å². The highest BCUT2D eigenvalue weighted by molar-refractivity contribution is 9.10. The lowest BCUT2D eigenvalue weighted by atomic mass is 10.0. The second-order valence-electron chi connectivity index (χ2n) is 9.12. The van der Waals surface area contributed by atoms with Crippen molar-refractivity contribution in [1.82, 2.24) is 10.2 Å². The van der Waals surface area contributed by atoms with E-state index in [0.29, 0.717) is 12.0 Å². The molecule has 1 saturated carbocycles. The molecule has 1 aliphatic carbocycles. The van der Waals surface area contributed by atoms with Crippen LogP contribution in [0, 0.1) is 5.82 Å². The molecule has 0 saturated heterocycles. The highest BCUT2D eigenvalue weighted by Gasteiger charge is 2.32. The monoisotopic (exact) mass is 536 g/mol. The number of amides is 2. The third-order valence-electron chi connectivity index (χ3n) is 6.51. The maximum atomic E-state index is 14.4. The normalized spacial score (nSPS) is 14.5. The number of hydrogen-bond acceptors (Lipinski definition) is 2. The van der Waals surface area contributed by atoms with Gasteiger partial charge in [0.15, 0.2) is 0 Å². The van der Waals surface area contributed by atoms with Crippen LogP contribution >= 0.6 is 15.9 Å². The smallest absolute Gasteiger partial charge is 0.243 e. The summed E-state index contributed by atoms with van der Waals surface area (Å²) in [6.07, 6.45) is 4.39. The van der Waals surface area contributed by atoms with E-state index >= 15 is 0 Å². The highest BCUT2D eigenvalue weighted by Crippen LogP contribution is 2.22. The Bertz CT molecular complexity index is 1150. The number of halogens is 2. The summed E-state index contributed by atoms with van der Waals surface area (Å²) < 4.78 is 15.3. The molecule has 0 aromatic heterocycles. The molecule has 1 fully saturated rings. The zero-order valence-electron chi connectivity index (χ0n) is 19.6. The first kappa shape index (κ1) is 25.1. The molecule has 0 heterocycles. The topological polar surface area (TPSA) is 49.4 Å². The maximum Gasteiger partial charge on any atom is 0.243 e. The summed E-state index contributed by atoms with van der Waals surface area (Å²) in [5, 5.41) is 3.19. The predicted molar refractivity (Wildman–Crippen MR) is 139 cm³/mol. The molecular formula is C29H30BrFN2O2. The number of carbonyl (C=O) groups excluding carboxylic acids is 2. The third-order valence-corrected chi connectivity index (χ3v) is 7.01. The Morgan fingerprint density at radius 2 is 1.63 bits per heavy atom. The Morgan fingerprint density at radius 3 is 2.34 bits per heavy atom. The van der Waals surface area contributed by atoms with Crippen molar-refractivity contribution in [3.63, 3.8) is 0 Å². The van der Waals surface area contributed by atoms with Crippen LogP contribution in [0.4, 0.5) is 4.39 Å². The first-order valence-corrected chi connectivity index (χ1v) is 12.9. The molecule has 0 unspecified atom stereocenters. The van der Waals surface area contributed by atoms with Crippen molar-refractivity contribution in [1.29, 1.82) is 0 Å². The van der Waals surface area contributed by atoms with Gasteiger partial charge < -0.3 is 10.2 Å². The average Bonchev–Trinajstić information content (AvgIpc) is 3.36. The van der Waals surface area contributed by atoms with Gasteiger partial charge in [0.25, 0.3) is 0 Å². The average molecular weight is 537 g/mol. The third kappa shape index (κ3) is 7.01. The standard InChI is InChI=1S/C29H30BrFN2O2/c30-24-13-8-11-22(17-24)20-33(28(34)19-23-12-4-7-16-26(23)31)27(18-21-9-2-1-3-10-21)29(35)32-25-14-5-6-15-25/h1-4,7-13,16-17,25,27H,5-6,14-15,18-20H2,(H,32,35)/t27-/m1/s1. The molecule has 4 rings (SSSR count). The zero-order valence-corrected chi connectivity index (χ0v) is 21.2. The van der Waals surface area contributed by atoms with E-state index in [4.69, 9.17) is 0 Å². The molecular weight excluding hydrogens is 507 g/mol. The summed E-state index contributed by atoms with van der Waals surface area (Å²) in [7, 11) is 0. The molecule has 2 amide bonds. The summed E-state index contributed by atoms with van der Waals surface area (Å²) in [5.74, 6) is -0.853. The van der Waals surface area contributed by atoms with Crippen LogP contribution in [-0.2, 0) is 29.0 Å². The number of carbonyl (C=O) groups is 2. The van der Waals surface area contributed by atoms with Gasteiger partial charge in [0.1, 0.15) is 11.9 Å². The molecule has 3 aromatic rings. The van der Waals surface area contributed by atoms with Gasteiger partial charge in [0.2, 0.25) is 11.8 Å². The van der Waals surface area contributed by atoms with Crippen molar-refractivity contribution < 1.29 is 14.0 Å². The first-order valence-electron chi connectivity index (χ1n) is 12.1. The lowest BCUT2D eigenvalue weighted by molar-refractivity contribution is -0.141. The fourth-order valence-electron chi connectivity index (χ4n) is 4.66. The van der Waals surface area contributed by atoms with Gasteiger partial charge >= 0.3 is 0 Å². The fourth-order valence-corrected chi connectivity index (χ4v) is 5.11. The molecule has 1 N–H and O–H groups in total. The minimum atomic E-state index is -0.712. The van der Waals surface area contributed by atoms with Gasteiger partial charge in [-0.1, -0.05) is 89.4 Å². The van der Waals surface area contributed by atoms with Gasteiger partial charge in [0.05, 0.1) is 6.42 Å². The Kier molecular flexibility index (Phi) is 8.69. The molecule has 182 valence electrons. The number of hydrogen-bond donors (Lipinski definition) is 1. The van der Waals surface area contributed by atoms with E-state index in [1.807, 2.05) is 54.6 Å². The second-order valence-corrected chi connectivity index (χ2v) is 10.0. The van der Waals surface area contributed by atoms with Gasteiger partial charge in [-0.25, -0.2) is 4.39 Å². The van der Waals surface area contributed by atoms with Gasteiger partial charge in [0, 0.05) is 23.5 Å². The number of nitrogens with zero attached hydrogens (tertiary/aromatic N) is 1. The van der Waals surface area contributed by atoms with Gasteiger partial charge in [-0.3, -0.25) is 9.59 Å². The lowest BCUT2D eigenvalue weighted by Gasteiger charge is -2.32. The van der Waals surface area contributed by atoms with E-state index in [0.717, 1.165) is 41.3 Å². The van der Waals surface area contributed by atoms with Gasteiger partial charge in [-0.15, -0.1) is 0 Å². The van der Waals surface area contributed by atoms with E-state index in [9.17, 15) is 14.0 Å². The van der Waals surface area contributed by atoms with E-state index in [1.54, 1.807) is 23.1 Å². The quantitative estimate of drug-likeness (QED) is 0.374. The molecule has 4 nitrogen and oxygen atoms in total. The molecule has 1 aliphatic rings. The van der Waals surface area contributed by atoms with Crippen molar-refractivity contribution in [3.05, 3.63) is 106 Å². The van der Waals surface area contributed by atoms with Gasteiger partial charge in [-0.2, -0.15) is 0 Å². The van der Waals surface area contributed by atoms with Crippen molar-refractivity contribution in [2.24, 2.45) is 0 Å².